The smallest absolute Gasteiger partial charge is 0.328 e. The molecule has 13 heavy (non-hydrogen) atoms. The van der Waals surface area contributed by atoms with Gasteiger partial charge >= 0.3 is 5.97 Å². The summed E-state index contributed by atoms with van der Waals surface area (Å²) in [4.78, 5) is 11.1. The molecule has 0 aromatic heterocycles. The Morgan fingerprint density at radius 2 is 2.62 bits per heavy atom. The first-order valence-electron chi connectivity index (χ1n) is 4.47. The van der Waals surface area contributed by atoms with E-state index >= 15 is 0 Å². The minimum Gasteiger partial charge on any atom is -0.464 e. The minimum atomic E-state index is -0.161. The monoisotopic (exact) mass is 181 g/mol. The van der Waals surface area contributed by atoms with Crippen LogP contribution in [-0.4, -0.2) is 18.6 Å². The minimum absolute atomic E-state index is 0.150. The fourth-order valence-corrected chi connectivity index (χ4v) is 1.27. The van der Waals surface area contributed by atoms with E-state index in [1.54, 1.807) is 0 Å². The van der Waals surface area contributed by atoms with Crippen LogP contribution in [0.1, 0.15) is 19.8 Å². The van der Waals surface area contributed by atoms with Gasteiger partial charge in [0.2, 0.25) is 0 Å². The standard InChI is InChI=1S/C10H15NO2/c1-3-5-8(4-2)11-9-6-7-13-10(9)12/h3-4,9,11H,1,5-7H2,2H3/b8-4+. The van der Waals surface area contributed by atoms with Crippen LogP contribution in [0.4, 0.5) is 0 Å². The number of esters is 1. The van der Waals surface area contributed by atoms with Gasteiger partial charge in [-0.15, -0.1) is 6.58 Å². The number of nitrogens with one attached hydrogen (secondary N) is 1. The summed E-state index contributed by atoms with van der Waals surface area (Å²) in [5, 5.41) is 3.13. The van der Waals surface area contributed by atoms with Crippen molar-refractivity contribution >= 4 is 5.97 Å². The predicted octanol–water partition coefficient (Wildman–Crippen LogP) is 1.37. The van der Waals surface area contributed by atoms with Gasteiger partial charge in [0, 0.05) is 18.5 Å². The van der Waals surface area contributed by atoms with Crippen LogP contribution in [0.3, 0.4) is 0 Å². The lowest BCUT2D eigenvalue weighted by Crippen LogP contribution is -2.32. The second kappa shape index (κ2) is 4.70. The number of allylic oxidation sites excluding steroid dienone is 2. The number of hydrogen-bond acceptors (Lipinski definition) is 3. The molecule has 1 aliphatic rings. The molecule has 3 heteroatoms. The quantitative estimate of drug-likeness (QED) is 0.526. The maximum absolute atomic E-state index is 11.1. The molecule has 1 unspecified atom stereocenters. The lowest BCUT2D eigenvalue weighted by molar-refractivity contribution is -0.139. The Labute approximate surface area is 78.5 Å². The molecule has 0 bridgehead atoms. The Balaban J connectivity index is 2.46. The lowest BCUT2D eigenvalue weighted by Gasteiger charge is -2.12. The number of carbonyl (C=O) groups excluding carboxylic acids is 1. The summed E-state index contributed by atoms with van der Waals surface area (Å²) in [6.07, 6.45) is 5.28. The van der Waals surface area contributed by atoms with Crippen LogP contribution in [0, 0.1) is 0 Å². The van der Waals surface area contributed by atoms with E-state index in [9.17, 15) is 4.79 Å². The van der Waals surface area contributed by atoms with Crippen LogP contribution in [0.25, 0.3) is 0 Å². The zero-order valence-corrected chi connectivity index (χ0v) is 7.88. The first-order valence-corrected chi connectivity index (χ1v) is 4.47. The average Bonchev–Trinajstić information content (AvgIpc) is 2.51. The molecule has 0 amide bonds. The first kappa shape index (κ1) is 9.84. The van der Waals surface area contributed by atoms with Crippen LogP contribution < -0.4 is 5.32 Å². The molecular weight excluding hydrogens is 166 g/mol. The normalized spacial score (nSPS) is 22.7. The summed E-state index contributed by atoms with van der Waals surface area (Å²) in [6.45, 7) is 6.11. The summed E-state index contributed by atoms with van der Waals surface area (Å²) in [6, 6.07) is -0.161. The second-order valence-corrected chi connectivity index (χ2v) is 2.96. The molecule has 3 nitrogen and oxygen atoms in total. The number of hydrogen-bond donors (Lipinski definition) is 1. The molecule has 0 spiro atoms. The molecular formula is C10H15NO2. The summed E-state index contributed by atoms with van der Waals surface area (Å²) in [5.74, 6) is -0.150. The fraction of sp³-hybridized carbons (Fsp3) is 0.500. The SMILES string of the molecule is C=CC/C(=C\C)NC1CCOC1=O. The number of rotatable bonds is 4. The summed E-state index contributed by atoms with van der Waals surface area (Å²) in [5.41, 5.74) is 1.03. The summed E-state index contributed by atoms with van der Waals surface area (Å²) in [7, 11) is 0. The van der Waals surface area contributed by atoms with Crippen molar-refractivity contribution in [2.75, 3.05) is 6.61 Å². The largest absolute Gasteiger partial charge is 0.464 e. The molecule has 1 N–H and O–H groups in total. The highest BCUT2D eigenvalue weighted by Crippen LogP contribution is 2.09. The van der Waals surface area contributed by atoms with E-state index in [4.69, 9.17) is 4.74 Å². The van der Waals surface area contributed by atoms with Crippen LogP contribution >= 0.6 is 0 Å². The van der Waals surface area contributed by atoms with Crippen molar-refractivity contribution in [2.24, 2.45) is 0 Å². The molecule has 0 radical (unpaired) electrons. The van der Waals surface area contributed by atoms with Crippen LogP contribution in [-0.2, 0) is 9.53 Å². The highest BCUT2D eigenvalue weighted by atomic mass is 16.5. The molecule has 0 saturated carbocycles. The Bertz CT molecular complexity index is 233. The molecule has 1 aliphatic heterocycles. The van der Waals surface area contributed by atoms with Crippen molar-refractivity contribution in [3.05, 3.63) is 24.4 Å². The molecule has 1 saturated heterocycles. The van der Waals surface area contributed by atoms with Crippen molar-refractivity contribution < 1.29 is 9.53 Å². The first-order chi connectivity index (χ1) is 6.27. The van der Waals surface area contributed by atoms with E-state index in [0.717, 1.165) is 18.5 Å². The van der Waals surface area contributed by atoms with Crippen molar-refractivity contribution in [3.8, 4) is 0 Å². The third-order valence-corrected chi connectivity index (χ3v) is 2.01. The Kier molecular flexibility index (Phi) is 3.55. The second-order valence-electron chi connectivity index (χ2n) is 2.96. The summed E-state index contributed by atoms with van der Waals surface area (Å²) < 4.78 is 4.83. The third kappa shape index (κ3) is 2.61. The van der Waals surface area contributed by atoms with E-state index in [1.807, 2.05) is 19.1 Å². The van der Waals surface area contributed by atoms with Crippen molar-refractivity contribution in [3.63, 3.8) is 0 Å². The van der Waals surface area contributed by atoms with Gasteiger partial charge in [-0.3, -0.25) is 0 Å². The third-order valence-electron chi connectivity index (χ3n) is 2.01. The van der Waals surface area contributed by atoms with Gasteiger partial charge in [0.1, 0.15) is 6.04 Å². The van der Waals surface area contributed by atoms with Gasteiger partial charge in [0.05, 0.1) is 6.61 Å². The van der Waals surface area contributed by atoms with E-state index in [1.165, 1.54) is 0 Å². The van der Waals surface area contributed by atoms with E-state index in [0.29, 0.717) is 6.61 Å². The molecule has 72 valence electrons. The van der Waals surface area contributed by atoms with Gasteiger partial charge in [0.15, 0.2) is 0 Å². The molecule has 1 heterocycles. The topological polar surface area (TPSA) is 38.3 Å². The molecule has 1 atom stereocenters. The summed E-state index contributed by atoms with van der Waals surface area (Å²) >= 11 is 0. The van der Waals surface area contributed by atoms with Crippen LogP contribution in [0.15, 0.2) is 24.4 Å². The highest BCUT2D eigenvalue weighted by Gasteiger charge is 2.26. The molecule has 1 rings (SSSR count). The molecule has 0 aromatic carbocycles. The van der Waals surface area contributed by atoms with E-state index in [-0.39, 0.29) is 12.0 Å². The Morgan fingerprint density at radius 1 is 1.85 bits per heavy atom. The maximum atomic E-state index is 11.1. The molecule has 0 aliphatic carbocycles. The molecule has 1 fully saturated rings. The lowest BCUT2D eigenvalue weighted by atomic mass is 10.2. The fourth-order valence-electron chi connectivity index (χ4n) is 1.27. The van der Waals surface area contributed by atoms with Gasteiger partial charge < -0.3 is 10.1 Å². The van der Waals surface area contributed by atoms with Crippen molar-refractivity contribution in [2.45, 2.75) is 25.8 Å². The highest BCUT2D eigenvalue weighted by molar-refractivity contribution is 5.77. The van der Waals surface area contributed by atoms with Gasteiger partial charge in [-0.1, -0.05) is 12.2 Å². The van der Waals surface area contributed by atoms with Gasteiger partial charge in [0.25, 0.3) is 0 Å². The Morgan fingerprint density at radius 3 is 3.08 bits per heavy atom. The van der Waals surface area contributed by atoms with E-state index in [2.05, 4.69) is 11.9 Å². The van der Waals surface area contributed by atoms with E-state index < -0.39 is 0 Å². The van der Waals surface area contributed by atoms with Gasteiger partial charge in [-0.2, -0.15) is 0 Å². The van der Waals surface area contributed by atoms with Crippen molar-refractivity contribution in [1.82, 2.24) is 5.32 Å². The number of carbonyl (C=O) groups is 1. The zero-order valence-electron chi connectivity index (χ0n) is 7.88. The van der Waals surface area contributed by atoms with Crippen LogP contribution in [0.5, 0.6) is 0 Å². The number of cyclic esters (lactones) is 1. The maximum Gasteiger partial charge on any atom is 0.328 e. The van der Waals surface area contributed by atoms with Gasteiger partial charge in [-0.05, 0) is 6.92 Å². The van der Waals surface area contributed by atoms with Crippen molar-refractivity contribution in [1.29, 1.82) is 0 Å². The Hall–Kier alpha value is -1.25. The van der Waals surface area contributed by atoms with Gasteiger partial charge in [-0.25, -0.2) is 4.79 Å². The predicted molar refractivity (Wildman–Crippen MR) is 51.1 cm³/mol. The average molecular weight is 181 g/mol. The van der Waals surface area contributed by atoms with Crippen LogP contribution in [0.2, 0.25) is 0 Å². The zero-order chi connectivity index (χ0) is 9.68. The number of ether oxygens (including phenoxy) is 1. The molecule has 0 aromatic rings.